The molecule has 0 aromatic heterocycles. The molecule has 5 nitrogen and oxygen atoms in total. The lowest BCUT2D eigenvalue weighted by Crippen LogP contribution is -2.13. The number of halogens is 1. The molecule has 0 atom stereocenters. The predicted molar refractivity (Wildman–Crippen MR) is 104 cm³/mol. The van der Waals surface area contributed by atoms with Crippen LogP contribution >= 0.6 is 11.6 Å². The Morgan fingerprint density at radius 1 is 0.926 bits per heavy atom. The molecule has 3 aromatic rings. The number of amides is 1. The van der Waals surface area contributed by atoms with E-state index in [1.807, 2.05) is 30.3 Å². The maximum absolute atomic E-state index is 11.9. The second kappa shape index (κ2) is 8.38. The lowest BCUT2D eigenvalue weighted by molar-refractivity contribution is 0.0697. The molecule has 27 heavy (non-hydrogen) atoms. The van der Waals surface area contributed by atoms with E-state index in [1.165, 1.54) is 6.07 Å². The van der Waals surface area contributed by atoms with Gasteiger partial charge in [0.25, 0.3) is 0 Å². The molecule has 0 aliphatic carbocycles. The van der Waals surface area contributed by atoms with Gasteiger partial charge in [-0.25, -0.2) is 9.59 Å². The number of nitrogens with one attached hydrogen (secondary N) is 1. The number of carboxylic acid groups (broad SMARTS) is 1. The van der Waals surface area contributed by atoms with Gasteiger partial charge in [-0.15, -0.1) is 0 Å². The minimum atomic E-state index is -1.08. The molecule has 0 fully saturated rings. The average molecular weight is 382 g/mol. The first kappa shape index (κ1) is 18.5. The number of hydrogen-bond acceptors (Lipinski definition) is 3. The zero-order valence-electron chi connectivity index (χ0n) is 14.2. The number of rotatable bonds is 5. The van der Waals surface area contributed by atoms with Crippen molar-refractivity contribution in [3.8, 4) is 11.1 Å². The summed E-state index contributed by atoms with van der Waals surface area (Å²) >= 11 is 5.89. The van der Waals surface area contributed by atoms with Gasteiger partial charge < -0.3 is 9.84 Å². The lowest BCUT2D eigenvalue weighted by Gasteiger charge is -2.09. The second-order valence-corrected chi connectivity index (χ2v) is 6.17. The maximum atomic E-state index is 11.9. The Bertz CT molecular complexity index is 956. The van der Waals surface area contributed by atoms with Crippen LogP contribution in [-0.2, 0) is 11.3 Å². The fourth-order valence-electron chi connectivity index (χ4n) is 2.49. The van der Waals surface area contributed by atoms with Crippen molar-refractivity contribution in [3.05, 3.63) is 88.9 Å². The highest BCUT2D eigenvalue weighted by molar-refractivity contribution is 6.33. The van der Waals surface area contributed by atoms with Crippen molar-refractivity contribution in [3.63, 3.8) is 0 Å². The van der Waals surface area contributed by atoms with E-state index in [0.717, 1.165) is 16.7 Å². The summed E-state index contributed by atoms with van der Waals surface area (Å²) in [7, 11) is 0. The molecule has 0 aliphatic heterocycles. The number of anilines is 1. The van der Waals surface area contributed by atoms with Crippen LogP contribution < -0.4 is 5.32 Å². The Morgan fingerprint density at radius 2 is 1.59 bits per heavy atom. The molecule has 0 saturated carbocycles. The Labute approximate surface area is 161 Å². The number of carboxylic acids is 1. The third-order valence-corrected chi connectivity index (χ3v) is 4.20. The van der Waals surface area contributed by atoms with E-state index in [-0.39, 0.29) is 17.2 Å². The van der Waals surface area contributed by atoms with E-state index < -0.39 is 12.1 Å². The molecule has 0 heterocycles. The van der Waals surface area contributed by atoms with Crippen LogP contribution in [0, 0.1) is 0 Å². The van der Waals surface area contributed by atoms with Crippen LogP contribution in [0.15, 0.2) is 72.8 Å². The van der Waals surface area contributed by atoms with Crippen LogP contribution in [0.3, 0.4) is 0 Å². The molecule has 2 N–H and O–H groups in total. The monoisotopic (exact) mass is 381 g/mol. The first-order chi connectivity index (χ1) is 13.0. The van der Waals surface area contributed by atoms with E-state index in [0.29, 0.717) is 5.69 Å². The lowest BCUT2D eigenvalue weighted by atomic mass is 10.0. The summed E-state index contributed by atoms with van der Waals surface area (Å²) in [5, 5.41) is 12.0. The molecule has 3 rings (SSSR count). The molecular weight excluding hydrogens is 366 g/mol. The highest BCUT2D eigenvalue weighted by Gasteiger charge is 2.10. The summed E-state index contributed by atoms with van der Waals surface area (Å²) < 4.78 is 5.17. The van der Waals surface area contributed by atoms with Crippen molar-refractivity contribution in [2.45, 2.75) is 6.61 Å². The van der Waals surface area contributed by atoms with Gasteiger partial charge in [0.2, 0.25) is 0 Å². The molecule has 3 aromatic carbocycles. The van der Waals surface area contributed by atoms with Gasteiger partial charge in [0.15, 0.2) is 0 Å². The van der Waals surface area contributed by atoms with Crippen molar-refractivity contribution >= 4 is 29.4 Å². The first-order valence-electron chi connectivity index (χ1n) is 8.14. The normalized spacial score (nSPS) is 10.3. The minimum absolute atomic E-state index is 0.0425. The summed E-state index contributed by atoms with van der Waals surface area (Å²) in [5.41, 5.74) is 3.04. The van der Waals surface area contributed by atoms with E-state index in [4.69, 9.17) is 21.4 Å². The molecule has 0 bridgehead atoms. The second-order valence-electron chi connectivity index (χ2n) is 5.76. The molecule has 6 heteroatoms. The largest absolute Gasteiger partial charge is 0.478 e. The van der Waals surface area contributed by atoms with E-state index in [2.05, 4.69) is 5.32 Å². The van der Waals surface area contributed by atoms with Gasteiger partial charge >= 0.3 is 12.1 Å². The zero-order chi connectivity index (χ0) is 19.2. The molecule has 0 unspecified atom stereocenters. The zero-order valence-corrected chi connectivity index (χ0v) is 14.9. The highest BCUT2D eigenvalue weighted by Crippen LogP contribution is 2.26. The van der Waals surface area contributed by atoms with Gasteiger partial charge in [0.1, 0.15) is 6.61 Å². The van der Waals surface area contributed by atoms with Crippen molar-refractivity contribution in [1.29, 1.82) is 0 Å². The van der Waals surface area contributed by atoms with Crippen LogP contribution in [0.1, 0.15) is 15.9 Å². The van der Waals surface area contributed by atoms with Gasteiger partial charge in [-0.3, -0.25) is 5.32 Å². The van der Waals surface area contributed by atoms with Gasteiger partial charge in [0.05, 0.1) is 10.6 Å². The number of carbonyl (C=O) groups is 2. The SMILES string of the molecule is O=C(Nc1ccc(-c2ccc(Cl)c(C(=O)O)c2)cc1)OCc1ccccc1. The Balaban J connectivity index is 1.64. The fraction of sp³-hybridized carbons (Fsp3) is 0.0476. The Hall–Kier alpha value is -3.31. The summed E-state index contributed by atoms with van der Waals surface area (Å²) in [4.78, 5) is 23.1. The molecular formula is C21H16ClNO4. The van der Waals surface area contributed by atoms with Crippen molar-refractivity contribution < 1.29 is 19.4 Å². The van der Waals surface area contributed by atoms with Crippen LogP contribution in [0.25, 0.3) is 11.1 Å². The van der Waals surface area contributed by atoms with E-state index in [9.17, 15) is 9.59 Å². The smallest absolute Gasteiger partial charge is 0.411 e. The molecule has 0 spiro atoms. The van der Waals surface area contributed by atoms with Crippen LogP contribution in [0.4, 0.5) is 10.5 Å². The molecule has 136 valence electrons. The van der Waals surface area contributed by atoms with Crippen molar-refractivity contribution in [1.82, 2.24) is 0 Å². The number of hydrogen-bond donors (Lipinski definition) is 2. The topological polar surface area (TPSA) is 75.6 Å². The third-order valence-electron chi connectivity index (χ3n) is 3.87. The minimum Gasteiger partial charge on any atom is -0.478 e. The number of ether oxygens (including phenoxy) is 1. The fourth-order valence-corrected chi connectivity index (χ4v) is 2.69. The standard InChI is InChI=1S/C21H16ClNO4/c22-19-11-8-16(12-18(19)20(24)25)15-6-9-17(10-7-15)23-21(26)27-13-14-4-2-1-3-5-14/h1-12H,13H2,(H,23,26)(H,24,25). The summed E-state index contributed by atoms with van der Waals surface area (Å²) in [6.45, 7) is 0.188. The summed E-state index contributed by atoms with van der Waals surface area (Å²) in [6.07, 6.45) is -0.550. The van der Waals surface area contributed by atoms with Crippen molar-refractivity contribution in [2.24, 2.45) is 0 Å². The van der Waals surface area contributed by atoms with Crippen LogP contribution in [0.5, 0.6) is 0 Å². The highest BCUT2D eigenvalue weighted by atomic mass is 35.5. The van der Waals surface area contributed by atoms with Gasteiger partial charge in [-0.1, -0.05) is 60.1 Å². The first-order valence-corrected chi connectivity index (χ1v) is 8.52. The Morgan fingerprint density at radius 3 is 2.26 bits per heavy atom. The van der Waals surface area contributed by atoms with Gasteiger partial charge in [0, 0.05) is 5.69 Å². The average Bonchev–Trinajstić information content (AvgIpc) is 2.68. The summed E-state index contributed by atoms with van der Waals surface area (Å²) in [6, 6.07) is 21.2. The molecule has 1 amide bonds. The van der Waals surface area contributed by atoms with E-state index >= 15 is 0 Å². The van der Waals surface area contributed by atoms with Gasteiger partial charge in [-0.05, 0) is 41.0 Å². The number of aromatic carboxylic acids is 1. The number of benzene rings is 3. The third kappa shape index (κ3) is 4.86. The van der Waals surface area contributed by atoms with Gasteiger partial charge in [-0.2, -0.15) is 0 Å². The Kier molecular flexibility index (Phi) is 5.74. The summed E-state index contributed by atoms with van der Waals surface area (Å²) in [5.74, 6) is -1.08. The predicted octanol–water partition coefficient (Wildman–Crippen LogP) is 5.45. The quantitative estimate of drug-likeness (QED) is 0.615. The van der Waals surface area contributed by atoms with Crippen molar-refractivity contribution in [2.75, 3.05) is 5.32 Å². The van der Waals surface area contributed by atoms with Crippen LogP contribution in [-0.4, -0.2) is 17.2 Å². The molecule has 0 saturated heterocycles. The number of carbonyl (C=O) groups excluding carboxylic acids is 1. The molecule has 0 aliphatic rings. The maximum Gasteiger partial charge on any atom is 0.411 e. The van der Waals surface area contributed by atoms with Crippen LogP contribution in [0.2, 0.25) is 5.02 Å². The molecule has 0 radical (unpaired) electrons. The van der Waals surface area contributed by atoms with E-state index in [1.54, 1.807) is 36.4 Å².